The highest BCUT2D eigenvalue weighted by molar-refractivity contribution is 5.95. The van der Waals surface area contributed by atoms with Crippen LogP contribution in [0.4, 0.5) is 4.79 Å². The fourth-order valence-electron chi connectivity index (χ4n) is 3.40. The van der Waals surface area contributed by atoms with Crippen molar-refractivity contribution in [3.05, 3.63) is 23.8 Å². The van der Waals surface area contributed by atoms with Gasteiger partial charge < -0.3 is 19.5 Å². The van der Waals surface area contributed by atoms with Crippen LogP contribution in [-0.2, 0) is 20.7 Å². The lowest BCUT2D eigenvalue weighted by Gasteiger charge is -2.29. The molecule has 0 radical (unpaired) electrons. The first-order valence-electron chi connectivity index (χ1n) is 9.89. The number of urea groups is 1. The second-order valence-corrected chi connectivity index (χ2v) is 7.24. The minimum absolute atomic E-state index is 0.0700. The van der Waals surface area contributed by atoms with Crippen molar-refractivity contribution >= 4 is 17.9 Å². The SMILES string of the molecule is COc1ccc(CCC(=O)OCC(=O)NC(=O)N[C@@H]2CCCC[C@H]2C)cc1OC. The van der Waals surface area contributed by atoms with E-state index in [-0.39, 0.29) is 12.5 Å². The van der Waals surface area contributed by atoms with Gasteiger partial charge in [0.2, 0.25) is 0 Å². The Bertz CT molecular complexity index is 721. The zero-order valence-corrected chi connectivity index (χ0v) is 17.3. The molecule has 3 amide bonds. The summed E-state index contributed by atoms with van der Waals surface area (Å²) >= 11 is 0. The molecule has 2 rings (SSSR count). The second-order valence-electron chi connectivity index (χ2n) is 7.24. The van der Waals surface area contributed by atoms with Crippen LogP contribution in [0.1, 0.15) is 44.6 Å². The molecule has 1 saturated carbocycles. The number of amides is 3. The van der Waals surface area contributed by atoms with Crippen molar-refractivity contribution in [2.24, 2.45) is 5.92 Å². The largest absolute Gasteiger partial charge is 0.493 e. The number of ether oxygens (including phenoxy) is 3. The second kappa shape index (κ2) is 11.3. The molecule has 0 spiro atoms. The quantitative estimate of drug-likeness (QED) is 0.643. The fourth-order valence-corrected chi connectivity index (χ4v) is 3.40. The number of rotatable bonds is 8. The summed E-state index contributed by atoms with van der Waals surface area (Å²) in [5.74, 6) is 0.410. The van der Waals surface area contributed by atoms with Crippen molar-refractivity contribution in [1.82, 2.24) is 10.6 Å². The van der Waals surface area contributed by atoms with Gasteiger partial charge in [0.05, 0.1) is 14.2 Å². The Balaban J connectivity index is 1.69. The average molecular weight is 406 g/mol. The van der Waals surface area contributed by atoms with Crippen LogP contribution in [0.5, 0.6) is 11.5 Å². The maximum atomic E-state index is 11.9. The lowest BCUT2D eigenvalue weighted by molar-refractivity contribution is -0.148. The summed E-state index contributed by atoms with van der Waals surface area (Å²) in [7, 11) is 3.09. The monoisotopic (exact) mass is 406 g/mol. The van der Waals surface area contributed by atoms with Crippen molar-refractivity contribution in [3.8, 4) is 11.5 Å². The molecule has 0 bridgehead atoms. The molecule has 2 N–H and O–H groups in total. The molecule has 29 heavy (non-hydrogen) atoms. The summed E-state index contributed by atoms with van der Waals surface area (Å²) in [5.41, 5.74) is 0.880. The number of benzene rings is 1. The van der Waals surface area contributed by atoms with Gasteiger partial charge >= 0.3 is 12.0 Å². The number of carbonyl (C=O) groups is 3. The van der Waals surface area contributed by atoms with Gasteiger partial charge in [0.25, 0.3) is 5.91 Å². The third-order valence-corrected chi connectivity index (χ3v) is 5.11. The van der Waals surface area contributed by atoms with Gasteiger partial charge in [-0.15, -0.1) is 0 Å². The molecule has 1 aromatic carbocycles. The first kappa shape index (κ1) is 22.5. The summed E-state index contributed by atoms with van der Waals surface area (Å²) in [4.78, 5) is 35.6. The zero-order chi connectivity index (χ0) is 21.2. The van der Waals surface area contributed by atoms with Crippen LogP contribution >= 0.6 is 0 Å². The highest BCUT2D eigenvalue weighted by Crippen LogP contribution is 2.28. The van der Waals surface area contributed by atoms with E-state index in [1.165, 1.54) is 6.42 Å². The third kappa shape index (κ3) is 7.29. The molecule has 1 fully saturated rings. The molecule has 0 aliphatic heterocycles. The number of imide groups is 1. The molecule has 8 nitrogen and oxygen atoms in total. The van der Waals surface area contributed by atoms with E-state index in [1.807, 2.05) is 6.07 Å². The molecule has 2 atom stereocenters. The van der Waals surface area contributed by atoms with Crippen LogP contribution in [0.25, 0.3) is 0 Å². The predicted octanol–water partition coefficient (Wildman–Crippen LogP) is 2.58. The van der Waals surface area contributed by atoms with Crippen LogP contribution in [0.2, 0.25) is 0 Å². The Labute approximate surface area is 171 Å². The van der Waals surface area contributed by atoms with Gasteiger partial charge in [-0.2, -0.15) is 0 Å². The molecule has 8 heteroatoms. The van der Waals surface area contributed by atoms with E-state index in [0.29, 0.717) is 23.8 Å². The Morgan fingerprint density at radius 2 is 1.79 bits per heavy atom. The number of methoxy groups -OCH3 is 2. The number of nitrogens with one attached hydrogen (secondary N) is 2. The third-order valence-electron chi connectivity index (χ3n) is 5.11. The van der Waals surface area contributed by atoms with Gasteiger partial charge in [-0.1, -0.05) is 25.8 Å². The lowest BCUT2D eigenvalue weighted by atomic mass is 9.86. The van der Waals surface area contributed by atoms with E-state index < -0.39 is 24.5 Å². The van der Waals surface area contributed by atoms with Gasteiger partial charge in [-0.3, -0.25) is 14.9 Å². The van der Waals surface area contributed by atoms with E-state index in [4.69, 9.17) is 14.2 Å². The highest BCUT2D eigenvalue weighted by atomic mass is 16.5. The number of hydrogen-bond acceptors (Lipinski definition) is 6. The van der Waals surface area contributed by atoms with Gasteiger partial charge in [0.1, 0.15) is 0 Å². The predicted molar refractivity (Wildman–Crippen MR) is 107 cm³/mol. The Kier molecular flexibility index (Phi) is 8.76. The van der Waals surface area contributed by atoms with E-state index >= 15 is 0 Å². The van der Waals surface area contributed by atoms with Crippen molar-refractivity contribution in [3.63, 3.8) is 0 Å². The smallest absolute Gasteiger partial charge is 0.321 e. The first-order chi connectivity index (χ1) is 13.9. The summed E-state index contributed by atoms with van der Waals surface area (Å²) < 4.78 is 15.4. The van der Waals surface area contributed by atoms with Crippen molar-refractivity contribution in [1.29, 1.82) is 0 Å². The molecule has 1 aromatic rings. The van der Waals surface area contributed by atoms with E-state index in [1.54, 1.807) is 26.4 Å². The summed E-state index contributed by atoms with van der Waals surface area (Å²) in [6.07, 6.45) is 4.75. The molecular weight excluding hydrogens is 376 g/mol. The van der Waals surface area contributed by atoms with Crippen molar-refractivity contribution in [2.75, 3.05) is 20.8 Å². The molecule has 160 valence electrons. The molecular formula is C21H30N2O6. The van der Waals surface area contributed by atoms with Gasteiger partial charge in [-0.25, -0.2) is 4.79 Å². The van der Waals surface area contributed by atoms with Crippen LogP contribution in [-0.4, -0.2) is 44.8 Å². The van der Waals surface area contributed by atoms with Gasteiger partial charge in [0, 0.05) is 12.5 Å². The molecule has 0 saturated heterocycles. The number of hydrogen-bond donors (Lipinski definition) is 2. The molecule has 0 unspecified atom stereocenters. The normalized spacial score (nSPS) is 18.4. The Morgan fingerprint density at radius 3 is 2.48 bits per heavy atom. The lowest BCUT2D eigenvalue weighted by Crippen LogP contribution is -2.48. The number of esters is 1. The number of aryl methyl sites for hydroxylation is 1. The average Bonchev–Trinajstić information content (AvgIpc) is 2.72. The van der Waals surface area contributed by atoms with Crippen molar-refractivity contribution < 1.29 is 28.6 Å². The maximum absolute atomic E-state index is 11.9. The first-order valence-corrected chi connectivity index (χ1v) is 9.89. The minimum Gasteiger partial charge on any atom is -0.493 e. The van der Waals surface area contributed by atoms with Crippen LogP contribution in [0.3, 0.4) is 0 Å². The Hall–Kier alpha value is -2.77. The molecule has 1 aliphatic rings. The summed E-state index contributed by atoms with van der Waals surface area (Å²) in [5, 5.41) is 5.03. The van der Waals surface area contributed by atoms with Crippen molar-refractivity contribution in [2.45, 2.75) is 51.5 Å². The molecule has 0 aromatic heterocycles. The summed E-state index contributed by atoms with van der Waals surface area (Å²) in [6, 6.07) is 4.90. The van der Waals surface area contributed by atoms with E-state index in [2.05, 4.69) is 17.6 Å². The summed E-state index contributed by atoms with van der Waals surface area (Å²) in [6.45, 7) is 1.60. The van der Waals surface area contributed by atoms with E-state index in [9.17, 15) is 14.4 Å². The minimum atomic E-state index is -0.648. The molecule has 1 aliphatic carbocycles. The zero-order valence-electron chi connectivity index (χ0n) is 17.3. The molecule has 0 heterocycles. The fraction of sp³-hybridized carbons (Fsp3) is 0.571. The van der Waals surface area contributed by atoms with Crippen LogP contribution < -0.4 is 20.1 Å². The van der Waals surface area contributed by atoms with Crippen LogP contribution in [0.15, 0.2) is 18.2 Å². The van der Waals surface area contributed by atoms with Gasteiger partial charge in [-0.05, 0) is 42.9 Å². The maximum Gasteiger partial charge on any atom is 0.321 e. The van der Waals surface area contributed by atoms with Gasteiger partial charge in [0.15, 0.2) is 18.1 Å². The standard InChI is InChI=1S/C21H30N2O6/c1-14-6-4-5-7-16(14)22-21(26)23-19(24)13-29-20(25)11-9-15-8-10-17(27-2)18(12-15)28-3/h8,10,12,14,16H,4-7,9,11,13H2,1-3H3,(H2,22,23,24,26)/t14-,16-/m1/s1. The Morgan fingerprint density at radius 1 is 1.07 bits per heavy atom. The topological polar surface area (TPSA) is 103 Å². The highest BCUT2D eigenvalue weighted by Gasteiger charge is 2.23. The van der Waals surface area contributed by atoms with Crippen LogP contribution in [0, 0.1) is 5.92 Å². The van der Waals surface area contributed by atoms with E-state index in [0.717, 1.165) is 24.8 Å². The number of carbonyl (C=O) groups excluding carboxylic acids is 3.